The van der Waals surface area contributed by atoms with E-state index in [0.29, 0.717) is 0 Å². The molecule has 0 saturated carbocycles. The van der Waals surface area contributed by atoms with Crippen LogP contribution in [0.15, 0.2) is 72.8 Å². The Morgan fingerprint density at radius 1 is 0.786 bits per heavy atom. The van der Waals surface area contributed by atoms with Crippen molar-refractivity contribution in [1.82, 2.24) is 0 Å². The van der Waals surface area contributed by atoms with Gasteiger partial charge in [0.05, 0.1) is 12.8 Å². The van der Waals surface area contributed by atoms with Crippen LogP contribution < -0.4 is 10.1 Å². The maximum atomic E-state index is 5.46. The molecule has 0 unspecified atom stereocenters. The molecule has 0 aliphatic heterocycles. The Hall–Kier alpha value is -2.74. The topological polar surface area (TPSA) is 21.3 Å². The molecule has 1 aliphatic carbocycles. The number of nitrogens with one attached hydrogen (secondary N) is 1. The first-order valence-corrected chi connectivity index (χ1v) is 10.4. The average Bonchev–Trinajstić information content (AvgIpc) is 3.02. The maximum Gasteiger partial charge on any atom is 0.141 e. The molecular weight excluding hydrogens is 342 g/mol. The third-order valence-corrected chi connectivity index (χ3v) is 6.05. The van der Waals surface area contributed by atoms with Gasteiger partial charge in [-0.15, -0.1) is 0 Å². The van der Waals surface area contributed by atoms with E-state index in [0.717, 1.165) is 30.8 Å². The molecule has 3 aromatic carbocycles. The highest BCUT2D eigenvalue weighted by Gasteiger charge is 2.41. The van der Waals surface area contributed by atoms with E-state index in [1.807, 2.05) is 18.2 Å². The van der Waals surface area contributed by atoms with Crippen molar-refractivity contribution in [1.29, 1.82) is 0 Å². The predicted octanol–water partition coefficient (Wildman–Crippen LogP) is 6.65. The summed E-state index contributed by atoms with van der Waals surface area (Å²) in [4.78, 5) is 0. The molecule has 2 nitrogen and oxygen atoms in total. The zero-order valence-corrected chi connectivity index (χ0v) is 16.9. The number of hydrogen-bond acceptors (Lipinski definition) is 2. The lowest BCUT2D eigenvalue weighted by atomic mass is 9.71. The monoisotopic (exact) mass is 371 g/mol. The van der Waals surface area contributed by atoms with Crippen LogP contribution in [-0.4, -0.2) is 13.7 Å². The first-order valence-electron chi connectivity index (χ1n) is 10.4. The molecular formula is C26H29NO. The van der Waals surface area contributed by atoms with Gasteiger partial charge >= 0.3 is 0 Å². The summed E-state index contributed by atoms with van der Waals surface area (Å²) in [6, 6.07) is 26.1. The summed E-state index contributed by atoms with van der Waals surface area (Å²) in [6.07, 6.45) is 4.63. The fourth-order valence-electron chi connectivity index (χ4n) is 4.91. The summed E-state index contributed by atoms with van der Waals surface area (Å²) in [5, 5.41) is 3.57. The van der Waals surface area contributed by atoms with Crippen molar-refractivity contribution in [2.45, 2.75) is 38.0 Å². The van der Waals surface area contributed by atoms with Gasteiger partial charge in [-0.25, -0.2) is 0 Å². The van der Waals surface area contributed by atoms with Crippen LogP contribution in [-0.2, 0) is 5.41 Å². The first kappa shape index (κ1) is 18.6. The average molecular weight is 372 g/mol. The Labute approximate surface area is 168 Å². The zero-order valence-electron chi connectivity index (χ0n) is 16.9. The highest BCUT2D eigenvalue weighted by atomic mass is 16.5. The molecule has 0 fully saturated rings. The molecule has 0 heterocycles. The lowest BCUT2D eigenvalue weighted by Gasteiger charge is -2.32. The molecule has 144 valence electrons. The maximum absolute atomic E-state index is 5.46. The molecule has 0 saturated heterocycles. The van der Waals surface area contributed by atoms with Crippen LogP contribution in [0, 0.1) is 0 Å². The Kier molecular flexibility index (Phi) is 5.38. The molecule has 4 rings (SSSR count). The number of anilines is 1. The van der Waals surface area contributed by atoms with E-state index in [4.69, 9.17) is 4.74 Å². The first-order chi connectivity index (χ1) is 13.8. The van der Waals surface area contributed by atoms with Crippen molar-refractivity contribution >= 4 is 5.69 Å². The van der Waals surface area contributed by atoms with Crippen LogP contribution in [0.5, 0.6) is 5.75 Å². The van der Waals surface area contributed by atoms with Gasteiger partial charge in [-0.1, -0.05) is 74.0 Å². The quantitative estimate of drug-likeness (QED) is 0.447. The van der Waals surface area contributed by atoms with Crippen LogP contribution in [0.4, 0.5) is 5.69 Å². The summed E-state index contributed by atoms with van der Waals surface area (Å²) in [5.74, 6) is 0.905. The second kappa shape index (κ2) is 8.10. The minimum Gasteiger partial charge on any atom is -0.495 e. The van der Waals surface area contributed by atoms with Gasteiger partial charge in [-0.05, 0) is 53.6 Å². The van der Waals surface area contributed by atoms with Crippen LogP contribution in [0.1, 0.15) is 43.7 Å². The van der Waals surface area contributed by atoms with Crippen molar-refractivity contribution in [2.24, 2.45) is 0 Å². The highest BCUT2D eigenvalue weighted by molar-refractivity contribution is 5.81. The van der Waals surface area contributed by atoms with Crippen molar-refractivity contribution in [3.63, 3.8) is 0 Å². The molecule has 0 bridgehead atoms. The van der Waals surface area contributed by atoms with Gasteiger partial charge in [0.25, 0.3) is 0 Å². The molecule has 0 aromatic heterocycles. The SMILES string of the molecule is CCCC1(CCCNc2ccccc2OC)c2ccccc2-c2ccccc21. The smallest absolute Gasteiger partial charge is 0.141 e. The van der Waals surface area contributed by atoms with E-state index in [9.17, 15) is 0 Å². The molecule has 1 N–H and O–H groups in total. The number of para-hydroxylation sites is 2. The number of ether oxygens (including phenoxy) is 1. The van der Waals surface area contributed by atoms with Crippen molar-refractivity contribution in [3.05, 3.63) is 83.9 Å². The third-order valence-electron chi connectivity index (χ3n) is 6.05. The number of methoxy groups -OCH3 is 1. The molecule has 3 aromatic rings. The molecule has 0 radical (unpaired) electrons. The lowest BCUT2D eigenvalue weighted by molar-refractivity contribution is 0.415. The van der Waals surface area contributed by atoms with Gasteiger partial charge in [0.2, 0.25) is 0 Å². The van der Waals surface area contributed by atoms with Crippen LogP contribution in [0.3, 0.4) is 0 Å². The highest BCUT2D eigenvalue weighted by Crippen LogP contribution is 2.53. The van der Waals surface area contributed by atoms with Gasteiger partial charge in [0.15, 0.2) is 0 Å². The normalized spacial score (nSPS) is 13.6. The van der Waals surface area contributed by atoms with Gasteiger partial charge in [-0.2, -0.15) is 0 Å². The summed E-state index contributed by atoms with van der Waals surface area (Å²) < 4.78 is 5.46. The molecule has 28 heavy (non-hydrogen) atoms. The Morgan fingerprint density at radius 3 is 2.04 bits per heavy atom. The van der Waals surface area contributed by atoms with Crippen molar-refractivity contribution in [3.8, 4) is 16.9 Å². The largest absolute Gasteiger partial charge is 0.495 e. The Morgan fingerprint density at radius 2 is 1.39 bits per heavy atom. The van der Waals surface area contributed by atoms with Gasteiger partial charge in [0, 0.05) is 12.0 Å². The molecule has 0 atom stereocenters. The Bertz CT molecular complexity index is 901. The predicted molar refractivity (Wildman–Crippen MR) is 118 cm³/mol. The number of rotatable bonds is 8. The lowest BCUT2D eigenvalue weighted by Crippen LogP contribution is -2.26. The minimum atomic E-state index is 0.129. The van der Waals surface area contributed by atoms with E-state index in [2.05, 4.69) is 66.8 Å². The summed E-state index contributed by atoms with van der Waals surface area (Å²) in [6.45, 7) is 3.24. The van der Waals surface area contributed by atoms with Gasteiger partial charge in [0.1, 0.15) is 5.75 Å². The number of hydrogen-bond donors (Lipinski definition) is 1. The fourth-order valence-corrected chi connectivity index (χ4v) is 4.91. The van der Waals surface area contributed by atoms with Gasteiger partial charge in [-0.3, -0.25) is 0 Å². The second-order valence-corrected chi connectivity index (χ2v) is 7.65. The zero-order chi connectivity index (χ0) is 19.4. The third kappa shape index (κ3) is 3.17. The molecule has 1 aliphatic rings. The van der Waals surface area contributed by atoms with E-state index in [-0.39, 0.29) is 5.41 Å². The van der Waals surface area contributed by atoms with E-state index >= 15 is 0 Å². The van der Waals surface area contributed by atoms with Gasteiger partial charge < -0.3 is 10.1 Å². The van der Waals surface area contributed by atoms with Crippen molar-refractivity contribution < 1.29 is 4.74 Å². The fraction of sp³-hybridized carbons (Fsp3) is 0.308. The summed E-state index contributed by atoms with van der Waals surface area (Å²) in [7, 11) is 1.73. The van der Waals surface area contributed by atoms with Crippen LogP contribution in [0.25, 0.3) is 11.1 Å². The summed E-state index contributed by atoms with van der Waals surface area (Å²) in [5.41, 5.74) is 7.06. The van der Waals surface area contributed by atoms with E-state index in [1.54, 1.807) is 7.11 Å². The number of fused-ring (bicyclic) bond motifs is 3. The Balaban J connectivity index is 1.57. The minimum absolute atomic E-state index is 0.129. The summed E-state index contributed by atoms with van der Waals surface area (Å²) >= 11 is 0. The van der Waals surface area contributed by atoms with E-state index < -0.39 is 0 Å². The van der Waals surface area contributed by atoms with Crippen LogP contribution >= 0.6 is 0 Å². The van der Waals surface area contributed by atoms with E-state index in [1.165, 1.54) is 35.1 Å². The molecule has 0 spiro atoms. The second-order valence-electron chi connectivity index (χ2n) is 7.65. The number of benzene rings is 3. The van der Waals surface area contributed by atoms with Crippen LogP contribution in [0.2, 0.25) is 0 Å². The molecule has 0 amide bonds. The standard InChI is InChI=1S/C26H29NO/c1-3-17-26(18-10-19-27-24-15-8-9-16-25(24)28-2)22-13-6-4-11-20(22)21-12-5-7-14-23(21)26/h4-9,11-16,27H,3,10,17-19H2,1-2H3. The molecule has 2 heteroatoms. The van der Waals surface area contributed by atoms with Crippen molar-refractivity contribution in [2.75, 3.05) is 19.0 Å².